The molecule has 2 amide bonds. The largest absolute Gasteiger partial charge is 0.324 e. The lowest BCUT2D eigenvalue weighted by molar-refractivity contribution is -0.146. The fraction of sp³-hybridized carbons (Fsp3) is 0.556. The first-order valence-electron chi connectivity index (χ1n) is 8.49. The van der Waals surface area contributed by atoms with Crippen LogP contribution in [0.2, 0.25) is 0 Å². The first-order chi connectivity index (χ1) is 12.3. The summed E-state index contributed by atoms with van der Waals surface area (Å²) in [5.41, 5.74) is 0.907. The fourth-order valence-electron chi connectivity index (χ4n) is 2.66. The van der Waals surface area contributed by atoms with E-state index in [1.807, 2.05) is 25.1 Å². The van der Waals surface area contributed by atoms with Crippen LogP contribution in [-0.4, -0.2) is 44.4 Å². The molecule has 0 N–H and O–H groups in total. The van der Waals surface area contributed by atoms with Crippen LogP contribution >= 0.6 is 25.3 Å². The molecule has 0 fully saturated rings. The van der Waals surface area contributed by atoms with E-state index in [1.54, 1.807) is 31.3 Å². The van der Waals surface area contributed by atoms with Crippen LogP contribution in [0.4, 0.5) is 0 Å². The van der Waals surface area contributed by atoms with E-state index in [1.165, 1.54) is 4.90 Å². The lowest BCUT2D eigenvalue weighted by atomic mass is 10.0. The molecule has 1 heterocycles. The maximum atomic E-state index is 13.2. The van der Waals surface area contributed by atoms with Crippen LogP contribution in [-0.2, 0) is 9.59 Å². The standard InChI is InChI=1S/C18H26N4O2S2/c1-4-15(14-8-7-11-20-12-14)22(13-25)17(24)18(2,26)21(3)16(23)9-5-6-10-19/h7-8,11-12,15,25-26H,4-6,9,13H2,1-3H3. The monoisotopic (exact) mass is 394 g/mol. The molecule has 0 spiro atoms. The molecule has 6 nitrogen and oxygen atoms in total. The number of unbranched alkanes of at least 4 members (excludes halogenated alkanes) is 1. The highest BCUT2D eigenvalue weighted by Crippen LogP contribution is 2.30. The quantitative estimate of drug-likeness (QED) is 0.383. The average molecular weight is 395 g/mol. The number of aromatic nitrogens is 1. The summed E-state index contributed by atoms with van der Waals surface area (Å²) in [5.74, 6) is -0.332. The van der Waals surface area contributed by atoms with Gasteiger partial charge in [-0.2, -0.15) is 17.9 Å². The zero-order valence-electron chi connectivity index (χ0n) is 15.4. The zero-order valence-corrected chi connectivity index (χ0v) is 17.2. The number of hydrogen-bond donors (Lipinski definition) is 2. The third-order valence-corrected chi connectivity index (χ3v) is 5.15. The van der Waals surface area contributed by atoms with Crippen molar-refractivity contribution >= 4 is 37.1 Å². The Kier molecular flexibility index (Phi) is 8.96. The van der Waals surface area contributed by atoms with Crippen LogP contribution in [0.25, 0.3) is 0 Å². The molecule has 2 atom stereocenters. The van der Waals surface area contributed by atoms with E-state index >= 15 is 0 Å². The topological polar surface area (TPSA) is 77.3 Å². The van der Waals surface area contributed by atoms with Crippen molar-refractivity contribution in [3.05, 3.63) is 30.1 Å². The van der Waals surface area contributed by atoms with Crippen LogP contribution in [0.15, 0.2) is 24.5 Å². The van der Waals surface area contributed by atoms with E-state index in [0.717, 1.165) is 5.56 Å². The van der Waals surface area contributed by atoms with E-state index in [-0.39, 0.29) is 30.2 Å². The zero-order chi connectivity index (χ0) is 19.7. The number of nitriles is 1. The summed E-state index contributed by atoms with van der Waals surface area (Å²) in [6.07, 6.45) is 5.06. The second-order valence-corrected chi connectivity index (χ2v) is 7.27. The molecule has 0 aromatic carbocycles. The van der Waals surface area contributed by atoms with Crippen molar-refractivity contribution in [2.45, 2.75) is 50.4 Å². The Hall–Kier alpha value is -1.72. The molecular weight excluding hydrogens is 368 g/mol. The third-order valence-electron chi connectivity index (χ3n) is 4.36. The molecular formula is C18H26N4O2S2. The summed E-state index contributed by atoms with van der Waals surface area (Å²) >= 11 is 8.83. The lowest BCUT2D eigenvalue weighted by Gasteiger charge is -2.40. The van der Waals surface area contributed by atoms with Crippen LogP contribution in [0.3, 0.4) is 0 Å². The van der Waals surface area contributed by atoms with Crippen LogP contribution < -0.4 is 0 Å². The van der Waals surface area contributed by atoms with E-state index in [4.69, 9.17) is 5.26 Å². The van der Waals surface area contributed by atoms with Gasteiger partial charge in [-0.05, 0) is 31.4 Å². The van der Waals surface area contributed by atoms with Crippen LogP contribution in [0.5, 0.6) is 0 Å². The molecule has 0 aliphatic carbocycles. The van der Waals surface area contributed by atoms with Crippen molar-refractivity contribution in [3.8, 4) is 6.07 Å². The van der Waals surface area contributed by atoms with Crippen LogP contribution in [0, 0.1) is 11.3 Å². The first-order valence-corrected chi connectivity index (χ1v) is 9.57. The Balaban J connectivity index is 3.00. The minimum Gasteiger partial charge on any atom is -0.324 e. The third kappa shape index (κ3) is 5.39. The smallest absolute Gasteiger partial charge is 0.259 e. The van der Waals surface area contributed by atoms with Gasteiger partial charge >= 0.3 is 0 Å². The first kappa shape index (κ1) is 22.3. The highest BCUT2D eigenvalue weighted by molar-refractivity contribution is 7.82. The number of likely N-dealkylation sites (N-methyl/N-ethyl adjacent to an activating group) is 1. The maximum Gasteiger partial charge on any atom is 0.259 e. The van der Waals surface area contributed by atoms with Crippen molar-refractivity contribution in [2.24, 2.45) is 0 Å². The Morgan fingerprint density at radius 2 is 2.15 bits per heavy atom. The number of carbonyl (C=O) groups is 2. The maximum absolute atomic E-state index is 13.2. The lowest BCUT2D eigenvalue weighted by Crippen LogP contribution is -2.55. The summed E-state index contributed by atoms with van der Waals surface area (Å²) in [6.45, 7) is 3.58. The molecule has 1 rings (SSSR count). The second-order valence-electron chi connectivity index (χ2n) is 6.11. The van der Waals surface area contributed by atoms with Gasteiger partial charge in [-0.1, -0.05) is 13.0 Å². The predicted octanol–water partition coefficient (Wildman–Crippen LogP) is 3.05. The molecule has 26 heavy (non-hydrogen) atoms. The Bertz CT molecular complexity index is 646. The van der Waals surface area contributed by atoms with Crippen LogP contribution in [0.1, 0.15) is 51.1 Å². The number of carbonyl (C=O) groups excluding carboxylic acids is 2. The van der Waals surface area contributed by atoms with Crippen molar-refractivity contribution in [1.82, 2.24) is 14.8 Å². The summed E-state index contributed by atoms with van der Waals surface area (Å²) in [4.78, 5) is 31.3. The predicted molar refractivity (Wildman–Crippen MR) is 108 cm³/mol. The van der Waals surface area contributed by atoms with E-state index in [2.05, 4.69) is 30.2 Å². The molecule has 2 unspecified atom stereocenters. The Labute approximate surface area is 166 Å². The molecule has 0 saturated carbocycles. The molecule has 0 aliphatic heterocycles. The molecule has 1 aromatic rings. The van der Waals surface area contributed by atoms with Gasteiger partial charge in [0.2, 0.25) is 5.91 Å². The molecule has 0 saturated heterocycles. The van der Waals surface area contributed by atoms with Crippen molar-refractivity contribution < 1.29 is 9.59 Å². The van der Waals surface area contributed by atoms with Gasteiger partial charge < -0.3 is 9.80 Å². The van der Waals surface area contributed by atoms with Gasteiger partial charge in [0.05, 0.1) is 18.0 Å². The van der Waals surface area contributed by atoms with Gasteiger partial charge in [0.15, 0.2) is 4.87 Å². The van der Waals surface area contributed by atoms with Gasteiger partial charge in [0.1, 0.15) is 0 Å². The van der Waals surface area contributed by atoms with Gasteiger partial charge in [0, 0.05) is 32.3 Å². The van der Waals surface area contributed by atoms with Gasteiger partial charge in [-0.15, -0.1) is 12.6 Å². The number of nitrogens with zero attached hydrogens (tertiary/aromatic N) is 4. The number of pyridine rings is 1. The minimum atomic E-state index is -1.32. The molecule has 8 heteroatoms. The highest BCUT2D eigenvalue weighted by atomic mass is 32.1. The van der Waals surface area contributed by atoms with Crippen molar-refractivity contribution in [3.63, 3.8) is 0 Å². The molecule has 0 aliphatic rings. The summed E-state index contributed by atoms with van der Waals surface area (Å²) in [6, 6.07) is 5.54. The van der Waals surface area contributed by atoms with Crippen molar-refractivity contribution in [2.75, 3.05) is 12.9 Å². The molecule has 0 bridgehead atoms. The Morgan fingerprint density at radius 1 is 1.46 bits per heavy atom. The molecule has 142 valence electrons. The summed E-state index contributed by atoms with van der Waals surface area (Å²) in [7, 11) is 1.56. The minimum absolute atomic E-state index is 0.193. The number of amides is 2. The fourth-order valence-corrected chi connectivity index (χ4v) is 3.22. The van der Waals surface area contributed by atoms with E-state index < -0.39 is 4.87 Å². The normalized spacial score (nSPS) is 14.0. The molecule has 0 radical (unpaired) electrons. The second kappa shape index (κ2) is 10.4. The Morgan fingerprint density at radius 3 is 2.65 bits per heavy atom. The number of thiol groups is 2. The highest BCUT2D eigenvalue weighted by Gasteiger charge is 2.41. The summed E-state index contributed by atoms with van der Waals surface area (Å²) in [5, 5.41) is 8.60. The van der Waals surface area contributed by atoms with Gasteiger partial charge in [-0.25, -0.2) is 0 Å². The van der Waals surface area contributed by atoms with Gasteiger partial charge in [0.25, 0.3) is 5.91 Å². The number of hydrogen-bond acceptors (Lipinski definition) is 6. The summed E-state index contributed by atoms with van der Waals surface area (Å²) < 4.78 is 0. The average Bonchev–Trinajstić information content (AvgIpc) is 2.65. The molecule has 1 aromatic heterocycles. The van der Waals surface area contributed by atoms with Crippen molar-refractivity contribution in [1.29, 1.82) is 5.26 Å². The number of rotatable bonds is 9. The SMILES string of the molecule is CCC(c1cccnc1)N(CS)C(=O)C(C)(S)N(C)C(=O)CCCC#N. The van der Waals surface area contributed by atoms with E-state index in [9.17, 15) is 9.59 Å². The van der Waals surface area contributed by atoms with E-state index in [0.29, 0.717) is 19.3 Å². The van der Waals surface area contributed by atoms with Gasteiger partial charge in [-0.3, -0.25) is 14.6 Å².